The number of rotatable bonds is 11. The Morgan fingerprint density at radius 2 is 1.39 bits per heavy atom. The van der Waals surface area contributed by atoms with Crippen molar-refractivity contribution in [2.24, 2.45) is 0 Å². The lowest BCUT2D eigenvalue weighted by atomic mass is 10.0. The van der Waals surface area contributed by atoms with Crippen LogP contribution in [0.3, 0.4) is 0 Å². The van der Waals surface area contributed by atoms with Gasteiger partial charge in [0.25, 0.3) is 0 Å². The van der Waals surface area contributed by atoms with Gasteiger partial charge in [-0.15, -0.1) is 0 Å². The highest BCUT2D eigenvalue weighted by atomic mass is 14.0. The maximum atomic E-state index is 4.18. The number of aryl methyl sites for hydroxylation is 3. The summed E-state index contributed by atoms with van der Waals surface area (Å²) >= 11 is 0. The van der Waals surface area contributed by atoms with E-state index in [1.807, 2.05) is 13.0 Å². The third kappa shape index (κ3) is 8.22. The molecule has 0 amide bonds. The summed E-state index contributed by atoms with van der Waals surface area (Å²) in [6, 6.07) is 19.8. The summed E-state index contributed by atoms with van der Waals surface area (Å²) in [7, 11) is 0. The van der Waals surface area contributed by atoms with E-state index in [9.17, 15) is 0 Å². The van der Waals surface area contributed by atoms with Crippen LogP contribution < -0.4 is 0 Å². The first-order chi connectivity index (χ1) is 13.7. The zero-order valence-corrected chi connectivity index (χ0v) is 17.1. The van der Waals surface area contributed by atoms with Gasteiger partial charge in [-0.1, -0.05) is 110 Å². The Morgan fingerprint density at radius 3 is 2.00 bits per heavy atom. The number of hydrogen-bond donors (Lipinski definition) is 0. The van der Waals surface area contributed by atoms with Crippen molar-refractivity contribution < 1.29 is 0 Å². The van der Waals surface area contributed by atoms with E-state index in [-0.39, 0.29) is 0 Å². The van der Waals surface area contributed by atoms with Crippen LogP contribution >= 0.6 is 0 Å². The fraction of sp³-hybridized carbons (Fsp3) is 0.214. The van der Waals surface area contributed by atoms with Crippen molar-refractivity contribution in [3.05, 3.63) is 132 Å². The van der Waals surface area contributed by atoms with Gasteiger partial charge >= 0.3 is 0 Å². The molecule has 0 bridgehead atoms. The largest absolute Gasteiger partial charge is 0.0991 e. The lowest BCUT2D eigenvalue weighted by molar-refractivity contribution is 0.824. The highest BCUT2D eigenvalue weighted by Crippen LogP contribution is 2.14. The normalized spacial score (nSPS) is 12.0. The summed E-state index contributed by atoms with van der Waals surface area (Å²) in [6.45, 7) is 9.93. The molecule has 2 aromatic carbocycles. The first-order valence-corrected chi connectivity index (χ1v) is 10.1. The van der Waals surface area contributed by atoms with E-state index in [1.54, 1.807) is 6.08 Å². The van der Waals surface area contributed by atoms with E-state index in [1.165, 1.54) is 27.8 Å². The van der Waals surface area contributed by atoms with Crippen molar-refractivity contribution in [1.29, 1.82) is 0 Å². The molecule has 0 nitrogen and oxygen atoms in total. The van der Waals surface area contributed by atoms with Crippen LogP contribution in [0, 0.1) is 0 Å². The molecule has 0 radical (unpaired) electrons. The van der Waals surface area contributed by atoms with E-state index in [0.29, 0.717) is 0 Å². The summed E-state index contributed by atoms with van der Waals surface area (Å²) in [6.07, 6.45) is 17.6. The molecule has 28 heavy (non-hydrogen) atoms. The van der Waals surface area contributed by atoms with Gasteiger partial charge in [-0.05, 0) is 61.3 Å². The third-order valence-corrected chi connectivity index (χ3v) is 4.80. The molecule has 0 atom stereocenters. The second-order valence-corrected chi connectivity index (χ2v) is 7.03. The molecule has 0 aliphatic carbocycles. The molecule has 2 rings (SSSR count). The standard InChI is InChI=1S/C28H32/c1-4-6-12-25(5-2)17-16-24(3)11-10-15-27-19-22-28(23-20-27)21-18-26-13-8-7-9-14-26/h4-9,12-14,16-17,19-20,22-23H,1,3,10-11,15,18,21H2,2H3/b12-6-,17-16+,25-5+. The molecule has 0 saturated heterocycles. The topological polar surface area (TPSA) is 0 Å². The Kier molecular flexibility index (Phi) is 9.58. The minimum Gasteiger partial charge on any atom is -0.0991 e. The Morgan fingerprint density at radius 1 is 0.786 bits per heavy atom. The average molecular weight is 369 g/mol. The fourth-order valence-electron chi connectivity index (χ4n) is 3.05. The monoisotopic (exact) mass is 368 g/mol. The Bertz CT molecular complexity index is 814. The maximum Gasteiger partial charge on any atom is -0.0238 e. The molecule has 0 aliphatic rings. The minimum atomic E-state index is 1.02. The van der Waals surface area contributed by atoms with Gasteiger partial charge in [0.2, 0.25) is 0 Å². The van der Waals surface area contributed by atoms with Crippen molar-refractivity contribution in [3.63, 3.8) is 0 Å². The van der Waals surface area contributed by atoms with Gasteiger partial charge in [0.1, 0.15) is 0 Å². The molecule has 0 unspecified atom stereocenters. The zero-order chi connectivity index (χ0) is 20.0. The van der Waals surface area contributed by atoms with Crippen LogP contribution in [-0.2, 0) is 19.3 Å². The summed E-state index contributed by atoms with van der Waals surface area (Å²) in [4.78, 5) is 0. The molecule has 0 aliphatic heterocycles. The van der Waals surface area contributed by atoms with Crippen LogP contribution in [0.15, 0.2) is 115 Å². The molecule has 0 heterocycles. The van der Waals surface area contributed by atoms with Crippen LogP contribution in [0.25, 0.3) is 0 Å². The molecule has 2 aromatic rings. The summed E-state index contributed by atoms with van der Waals surface area (Å²) < 4.78 is 0. The van der Waals surface area contributed by atoms with Crippen LogP contribution in [0.2, 0.25) is 0 Å². The van der Waals surface area contributed by atoms with Gasteiger partial charge in [-0.2, -0.15) is 0 Å². The molecule has 0 saturated carbocycles. The lowest BCUT2D eigenvalue weighted by Crippen LogP contribution is -1.92. The van der Waals surface area contributed by atoms with E-state index in [2.05, 4.69) is 92.1 Å². The van der Waals surface area contributed by atoms with E-state index < -0.39 is 0 Å². The highest BCUT2D eigenvalue weighted by Gasteiger charge is 1.98. The second kappa shape index (κ2) is 12.5. The molecule has 0 fully saturated rings. The van der Waals surface area contributed by atoms with E-state index in [0.717, 1.165) is 32.1 Å². The second-order valence-electron chi connectivity index (χ2n) is 7.03. The van der Waals surface area contributed by atoms with Crippen LogP contribution in [-0.4, -0.2) is 0 Å². The fourth-order valence-corrected chi connectivity index (χ4v) is 3.05. The third-order valence-electron chi connectivity index (χ3n) is 4.80. The average Bonchev–Trinajstić information content (AvgIpc) is 2.74. The van der Waals surface area contributed by atoms with Crippen LogP contribution in [0.4, 0.5) is 0 Å². The Labute approximate surface area is 171 Å². The minimum absolute atomic E-state index is 1.02. The Hall–Kier alpha value is -2.86. The predicted molar refractivity (Wildman–Crippen MR) is 125 cm³/mol. The van der Waals surface area contributed by atoms with Crippen LogP contribution in [0.1, 0.15) is 36.5 Å². The molecule has 0 spiro atoms. The molecule has 0 N–H and O–H groups in total. The van der Waals surface area contributed by atoms with Gasteiger partial charge in [0, 0.05) is 0 Å². The van der Waals surface area contributed by atoms with Crippen molar-refractivity contribution in [2.45, 2.75) is 39.0 Å². The SMILES string of the molecule is C=C\C=C/C(/C=C/C(=C)CCCc1ccc(CCc2ccccc2)cc1)=C\C. The first kappa shape index (κ1) is 21.4. The van der Waals surface area contributed by atoms with Gasteiger partial charge in [-0.3, -0.25) is 0 Å². The number of hydrogen-bond acceptors (Lipinski definition) is 0. The summed E-state index contributed by atoms with van der Waals surface area (Å²) in [5, 5.41) is 0. The van der Waals surface area contributed by atoms with Gasteiger partial charge in [0.05, 0.1) is 0 Å². The molecular weight excluding hydrogens is 336 g/mol. The molecule has 0 aromatic heterocycles. The summed E-state index contributed by atoms with van der Waals surface area (Å²) in [5.74, 6) is 0. The van der Waals surface area contributed by atoms with E-state index in [4.69, 9.17) is 0 Å². The zero-order valence-electron chi connectivity index (χ0n) is 17.1. The molecular formula is C28H32. The Balaban J connectivity index is 1.73. The van der Waals surface area contributed by atoms with Gasteiger partial charge < -0.3 is 0 Å². The summed E-state index contributed by atoms with van der Waals surface area (Å²) in [5.41, 5.74) is 6.56. The highest BCUT2D eigenvalue weighted by molar-refractivity contribution is 5.35. The van der Waals surface area contributed by atoms with Crippen molar-refractivity contribution >= 4 is 0 Å². The van der Waals surface area contributed by atoms with E-state index >= 15 is 0 Å². The maximum absolute atomic E-state index is 4.18. The van der Waals surface area contributed by atoms with Gasteiger partial charge in [-0.25, -0.2) is 0 Å². The first-order valence-electron chi connectivity index (χ1n) is 10.1. The van der Waals surface area contributed by atoms with Gasteiger partial charge in [0.15, 0.2) is 0 Å². The van der Waals surface area contributed by atoms with Crippen molar-refractivity contribution in [2.75, 3.05) is 0 Å². The molecule has 0 heteroatoms. The smallest absolute Gasteiger partial charge is 0.0238 e. The molecule has 144 valence electrons. The predicted octanol–water partition coefficient (Wildman–Crippen LogP) is 7.60. The quantitative estimate of drug-likeness (QED) is 0.358. The van der Waals surface area contributed by atoms with Crippen LogP contribution in [0.5, 0.6) is 0 Å². The number of benzene rings is 2. The lowest BCUT2D eigenvalue weighted by Gasteiger charge is -2.05. The number of allylic oxidation sites excluding steroid dienone is 8. The van der Waals surface area contributed by atoms with Crippen molar-refractivity contribution in [3.8, 4) is 0 Å². The van der Waals surface area contributed by atoms with Crippen molar-refractivity contribution in [1.82, 2.24) is 0 Å².